The fraction of sp³-hybridized carbons (Fsp3) is 0.143. The van der Waals surface area contributed by atoms with Crippen molar-refractivity contribution in [2.45, 2.75) is 6.61 Å². The number of hydrogen-bond donors (Lipinski definition) is 1. The average Bonchev–Trinajstić information content (AvgIpc) is 3.20. The molecule has 0 spiro atoms. The number of carbonyl (C=O) groups is 1. The molecule has 0 aromatic carbocycles. The number of furan rings is 2. The monoisotopic (exact) mass is 304 g/mol. The van der Waals surface area contributed by atoms with E-state index >= 15 is 0 Å². The molecule has 3 heterocycles. The number of amides is 1. The average molecular weight is 304 g/mol. The highest BCUT2D eigenvalue weighted by molar-refractivity contribution is 7.14. The standard InChI is InChI=1S/C14H12N2O4S/c1-18-7-9-4-5-12(20-9)13(17)16-14-15-10(8-21-14)11-3-2-6-19-11/h2-6,8H,7H2,1H3,(H,15,16,17). The topological polar surface area (TPSA) is 77.5 Å². The molecule has 0 radical (unpaired) electrons. The molecule has 0 aliphatic rings. The molecule has 6 nitrogen and oxygen atoms in total. The third kappa shape index (κ3) is 3.04. The van der Waals surface area contributed by atoms with Crippen LogP contribution in [0, 0.1) is 0 Å². The highest BCUT2D eigenvalue weighted by Gasteiger charge is 2.14. The molecule has 0 atom stereocenters. The largest absolute Gasteiger partial charge is 0.463 e. The van der Waals surface area contributed by atoms with E-state index in [1.54, 1.807) is 31.6 Å². The number of methoxy groups -OCH3 is 1. The molecule has 21 heavy (non-hydrogen) atoms. The second-order valence-electron chi connectivity index (χ2n) is 4.17. The lowest BCUT2D eigenvalue weighted by Gasteiger charge is -1.98. The van der Waals surface area contributed by atoms with E-state index in [0.29, 0.717) is 29.0 Å². The first-order chi connectivity index (χ1) is 10.3. The SMILES string of the molecule is COCc1ccc(C(=O)Nc2nc(-c3ccco3)cs2)o1. The number of rotatable bonds is 5. The second-order valence-corrected chi connectivity index (χ2v) is 5.03. The van der Waals surface area contributed by atoms with Gasteiger partial charge in [-0.05, 0) is 24.3 Å². The van der Waals surface area contributed by atoms with Gasteiger partial charge < -0.3 is 13.6 Å². The molecule has 7 heteroatoms. The number of nitrogens with one attached hydrogen (secondary N) is 1. The van der Waals surface area contributed by atoms with Gasteiger partial charge in [-0.15, -0.1) is 11.3 Å². The molecule has 3 rings (SSSR count). The zero-order chi connectivity index (χ0) is 14.7. The summed E-state index contributed by atoms with van der Waals surface area (Å²) >= 11 is 1.32. The smallest absolute Gasteiger partial charge is 0.293 e. The highest BCUT2D eigenvalue weighted by Crippen LogP contribution is 2.25. The van der Waals surface area contributed by atoms with Gasteiger partial charge in [-0.2, -0.15) is 0 Å². The Hall–Kier alpha value is -2.38. The predicted molar refractivity (Wildman–Crippen MR) is 77.2 cm³/mol. The molecule has 3 aromatic heterocycles. The lowest BCUT2D eigenvalue weighted by molar-refractivity contribution is 0.0987. The lowest BCUT2D eigenvalue weighted by atomic mass is 10.4. The van der Waals surface area contributed by atoms with Crippen molar-refractivity contribution in [2.24, 2.45) is 0 Å². The van der Waals surface area contributed by atoms with Gasteiger partial charge in [0.15, 0.2) is 16.7 Å². The Bertz CT molecular complexity index is 730. The second kappa shape index (κ2) is 5.94. The first kappa shape index (κ1) is 13.6. The molecule has 108 valence electrons. The van der Waals surface area contributed by atoms with Gasteiger partial charge in [0.2, 0.25) is 0 Å². The Morgan fingerprint density at radius 1 is 1.43 bits per heavy atom. The molecule has 1 N–H and O–H groups in total. The van der Waals surface area contributed by atoms with E-state index in [4.69, 9.17) is 13.6 Å². The van der Waals surface area contributed by atoms with Crippen molar-refractivity contribution in [3.8, 4) is 11.5 Å². The summed E-state index contributed by atoms with van der Waals surface area (Å²) in [6, 6.07) is 6.90. The minimum atomic E-state index is -0.349. The van der Waals surface area contributed by atoms with Gasteiger partial charge in [-0.3, -0.25) is 10.1 Å². The van der Waals surface area contributed by atoms with E-state index in [1.165, 1.54) is 11.3 Å². The zero-order valence-corrected chi connectivity index (χ0v) is 12.0. The molecule has 3 aromatic rings. The van der Waals surface area contributed by atoms with Crippen LogP contribution in [0.15, 0.2) is 44.7 Å². The van der Waals surface area contributed by atoms with E-state index < -0.39 is 0 Å². The summed E-state index contributed by atoms with van der Waals surface area (Å²) in [4.78, 5) is 16.3. The fourth-order valence-corrected chi connectivity index (χ4v) is 2.44. The van der Waals surface area contributed by atoms with Crippen LogP contribution in [-0.4, -0.2) is 18.0 Å². The summed E-state index contributed by atoms with van der Waals surface area (Å²) in [5, 5.41) is 4.98. The van der Waals surface area contributed by atoms with Gasteiger partial charge in [-0.25, -0.2) is 4.98 Å². The van der Waals surface area contributed by atoms with Crippen LogP contribution in [0.25, 0.3) is 11.5 Å². The summed E-state index contributed by atoms with van der Waals surface area (Å²) in [6.45, 7) is 0.327. The number of carbonyl (C=O) groups excluding carboxylic acids is 1. The summed E-state index contributed by atoms with van der Waals surface area (Å²) < 4.78 is 15.5. The van der Waals surface area contributed by atoms with Gasteiger partial charge in [0, 0.05) is 12.5 Å². The maximum Gasteiger partial charge on any atom is 0.293 e. The van der Waals surface area contributed by atoms with Crippen molar-refractivity contribution in [3.05, 3.63) is 47.4 Å². The van der Waals surface area contributed by atoms with Crippen LogP contribution in [0.4, 0.5) is 5.13 Å². The van der Waals surface area contributed by atoms with Crippen molar-refractivity contribution in [1.82, 2.24) is 4.98 Å². The van der Waals surface area contributed by atoms with E-state index in [9.17, 15) is 4.79 Å². The molecule has 0 fully saturated rings. The lowest BCUT2D eigenvalue weighted by Crippen LogP contribution is -2.10. The highest BCUT2D eigenvalue weighted by atomic mass is 32.1. The van der Waals surface area contributed by atoms with Crippen LogP contribution in [0.1, 0.15) is 16.3 Å². The minimum absolute atomic E-state index is 0.219. The van der Waals surface area contributed by atoms with Crippen LogP contribution in [-0.2, 0) is 11.3 Å². The van der Waals surface area contributed by atoms with Crippen molar-refractivity contribution in [3.63, 3.8) is 0 Å². The number of aromatic nitrogens is 1. The zero-order valence-electron chi connectivity index (χ0n) is 11.2. The molecule has 0 unspecified atom stereocenters. The number of anilines is 1. The third-order valence-corrected chi connectivity index (χ3v) is 3.43. The summed E-state index contributed by atoms with van der Waals surface area (Å²) in [6.07, 6.45) is 1.58. The predicted octanol–water partition coefficient (Wildman–Crippen LogP) is 3.39. The Morgan fingerprint density at radius 2 is 2.33 bits per heavy atom. The van der Waals surface area contributed by atoms with Crippen LogP contribution < -0.4 is 5.32 Å². The van der Waals surface area contributed by atoms with Crippen molar-refractivity contribution >= 4 is 22.4 Å². The maximum absolute atomic E-state index is 12.0. The van der Waals surface area contributed by atoms with E-state index in [-0.39, 0.29) is 11.7 Å². The van der Waals surface area contributed by atoms with Gasteiger partial charge in [-0.1, -0.05) is 0 Å². The van der Waals surface area contributed by atoms with Gasteiger partial charge in [0.25, 0.3) is 5.91 Å². The summed E-state index contributed by atoms with van der Waals surface area (Å²) in [5.41, 5.74) is 0.680. The Morgan fingerprint density at radius 3 is 3.10 bits per heavy atom. The molecular formula is C14H12N2O4S. The summed E-state index contributed by atoms with van der Waals surface area (Å²) in [7, 11) is 1.56. The van der Waals surface area contributed by atoms with Gasteiger partial charge >= 0.3 is 0 Å². The Kier molecular flexibility index (Phi) is 3.85. The Balaban J connectivity index is 1.69. The molecule has 0 saturated carbocycles. The number of hydrogen-bond acceptors (Lipinski definition) is 6. The molecule has 1 amide bonds. The van der Waals surface area contributed by atoms with Crippen LogP contribution in [0.5, 0.6) is 0 Å². The van der Waals surface area contributed by atoms with Gasteiger partial charge in [0.05, 0.1) is 6.26 Å². The van der Waals surface area contributed by atoms with Crippen molar-refractivity contribution in [1.29, 1.82) is 0 Å². The van der Waals surface area contributed by atoms with E-state index in [0.717, 1.165) is 0 Å². The van der Waals surface area contributed by atoms with Gasteiger partial charge in [0.1, 0.15) is 18.1 Å². The van der Waals surface area contributed by atoms with E-state index in [1.807, 2.05) is 11.4 Å². The van der Waals surface area contributed by atoms with Crippen LogP contribution in [0.3, 0.4) is 0 Å². The molecular weight excluding hydrogens is 292 g/mol. The molecule has 0 saturated heterocycles. The minimum Gasteiger partial charge on any atom is -0.463 e. The van der Waals surface area contributed by atoms with Crippen LogP contribution in [0.2, 0.25) is 0 Å². The van der Waals surface area contributed by atoms with Crippen molar-refractivity contribution in [2.75, 3.05) is 12.4 Å². The number of thiazole rings is 1. The van der Waals surface area contributed by atoms with E-state index in [2.05, 4.69) is 10.3 Å². The fourth-order valence-electron chi connectivity index (χ4n) is 1.75. The van der Waals surface area contributed by atoms with Crippen LogP contribution >= 0.6 is 11.3 Å². The first-order valence-corrected chi connectivity index (χ1v) is 7.02. The van der Waals surface area contributed by atoms with Crippen molar-refractivity contribution < 1.29 is 18.4 Å². The normalized spacial score (nSPS) is 10.7. The first-order valence-electron chi connectivity index (χ1n) is 6.14. The third-order valence-electron chi connectivity index (χ3n) is 2.67. The molecule has 0 aliphatic carbocycles. The molecule has 0 aliphatic heterocycles. The Labute approximate surface area is 124 Å². The summed E-state index contributed by atoms with van der Waals surface area (Å²) in [5.74, 6) is 1.12. The number of ether oxygens (including phenoxy) is 1. The maximum atomic E-state index is 12.0. The quantitative estimate of drug-likeness (QED) is 0.781. The molecule has 0 bridgehead atoms. The number of nitrogens with zero attached hydrogens (tertiary/aromatic N) is 1.